The molecule has 226 valence electrons. The first-order chi connectivity index (χ1) is 23.1. The van der Waals surface area contributed by atoms with Crippen molar-refractivity contribution in [2.45, 2.75) is 6.92 Å². The number of aryl methyl sites for hydroxylation is 2. The number of hydrogen-bond donors (Lipinski definition) is 0. The number of para-hydroxylation sites is 2. The molecular weight excluding hydrogens is 578 g/mol. The van der Waals surface area contributed by atoms with Crippen LogP contribution in [0.4, 0.5) is 0 Å². The number of rotatable bonds is 5. The molecule has 0 amide bonds. The van der Waals surface area contributed by atoms with Crippen molar-refractivity contribution in [2.75, 3.05) is 7.11 Å². The van der Waals surface area contributed by atoms with Gasteiger partial charge in [0.1, 0.15) is 11.4 Å². The Morgan fingerprint density at radius 3 is 1.98 bits per heavy atom. The first-order valence-corrected chi connectivity index (χ1v) is 15.8. The van der Waals surface area contributed by atoms with Crippen LogP contribution in [0, 0.1) is 6.92 Å². The lowest BCUT2D eigenvalue weighted by molar-refractivity contribution is 0.415. The van der Waals surface area contributed by atoms with E-state index in [0.29, 0.717) is 0 Å². The van der Waals surface area contributed by atoms with Gasteiger partial charge < -0.3 is 9.30 Å². The van der Waals surface area contributed by atoms with Gasteiger partial charge in [0, 0.05) is 52.2 Å². The van der Waals surface area contributed by atoms with E-state index >= 15 is 0 Å². The van der Waals surface area contributed by atoms with E-state index in [9.17, 15) is 0 Å². The van der Waals surface area contributed by atoms with Crippen LogP contribution in [0.1, 0.15) is 5.56 Å². The molecular formula is C41H31N5O. The third-order valence-corrected chi connectivity index (χ3v) is 9.35. The molecule has 0 radical (unpaired) electrons. The molecule has 4 heterocycles. The zero-order chi connectivity index (χ0) is 31.6. The van der Waals surface area contributed by atoms with Gasteiger partial charge in [0.2, 0.25) is 5.95 Å². The summed E-state index contributed by atoms with van der Waals surface area (Å²) in [5, 5.41) is 4.49. The Balaban J connectivity index is 1.49. The normalized spacial score (nSPS) is 11.7. The van der Waals surface area contributed by atoms with Gasteiger partial charge >= 0.3 is 0 Å². The molecule has 0 bridgehead atoms. The van der Waals surface area contributed by atoms with Gasteiger partial charge in [0.25, 0.3) is 0 Å². The van der Waals surface area contributed by atoms with Gasteiger partial charge in [0.15, 0.2) is 5.65 Å². The predicted molar refractivity (Wildman–Crippen MR) is 192 cm³/mol. The average molecular weight is 610 g/mol. The summed E-state index contributed by atoms with van der Waals surface area (Å²) < 4.78 is 12.1. The van der Waals surface area contributed by atoms with Crippen LogP contribution in [0.15, 0.2) is 134 Å². The van der Waals surface area contributed by atoms with Gasteiger partial charge in [-0.05, 0) is 65.6 Å². The lowest BCUT2D eigenvalue weighted by atomic mass is 9.96. The van der Waals surface area contributed by atoms with Crippen molar-refractivity contribution < 1.29 is 4.74 Å². The summed E-state index contributed by atoms with van der Waals surface area (Å²) in [7, 11) is 3.73. The summed E-state index contributed by atoms with van der Waals surface area (Å²) in [4.78, 5) is 10.4. The second kappa shape index (κ2) is 10.5. The number of imidazole rings is 1. The largest absolute Gasteiger partial charge is 0.497 e. The number of methoxy groups -OCH3 is 1. The smallest absolute Gasteiger partial charge is 0.215 e. The number of aromatic nitrogens is 5. The van der Waals surface area contributed by atoms with Crippen LogP contribution in [0.2, 0.25) is 0 Å². The molecule has 6 nitrogen and oxygen atoms in total. The second-order valence-electron chi connectivity index (χ2n) is 12.0. The van der Waals surface area contributed by atoms with E-state index in [2.05, 4.69) is 125 Å². The van der Waals surface area contributed by atoms with Crippen LogP contribution in [-0.4, -0.2) is 30.8 Å². The molecule has 47 heavy (non-hydrogen) atoms. The van der Waals surface area contributed by atoms with Crippen LogP contribution >= 0.6 is 0 Å². The van der Waals surface area contributed by atoms with E-state index in [1.807, 2.05) is 36.1 Å². The summed E-state index contributed by atoms with van der Waals surface area (Å²) in [6.07, 6.45) is 3.82. The fraction of sp³-hybridized carbons (Fsp3) is 0.0732. The van der Waals surface area contributed by atoms with Crippen molar-refractivity contribution >= 4 is 43.9 Å². The number of benzene rings is 5. The van der Waals surface area contributed by atoms with Crippen molar-refractivity contribution in [2.24, 2.45) is 7.05 Å². The van der Waals surface area contributed by atoms with Crippen molar-refractivity contribution in [1.29, 1.82) is 0 Å². The molecule has 0 aliphatic rings. The molecule has 0 unspecified atom stereocenters. The molecule has 0 aliphatic heterocycles. The van der Waals surface area contributed by atoms with Crippen molar-refractivity contribution in [1.82, 2.24) is 23.7 Å². The molecule has 6 heteroatoms. The van der Waals surface area contributed by atoms with Gasteiger partial charge in [-0.25, -0.2) is 9.97 Å². The topological polar surface area (TPSA) is 49.8 Å². The van der Waals surface area contributed by atoms with Gasteiger partial charge in [-0.15, -0.1) is 0 Å². The molecule has 0 atom stereocenters. The van der Waals surface area contributed by atoms with E-state index in [0.717, 1.165) is 72.4 Å². The van der Waals surface area contributed by atoms with E-state index in [1.165, 1.54) is 16.7 Å². The summed E-state index contributed by atoms with van der Waals surface area (Å²) in [5.74, 6) is 1.63. The Morgan fingerprint density at radius 1 is 0.638 bits per heavy atom. The maximum absolute atomic E-state index is 5.61. The van der Waals surface area contributed by atoms with Gasteiger partial charge in [0.05, 0.1) is 18.1 Å². The van der Waals surface area contributed by atoms with Crippen molar-refractivity contribution in [3.05, 3.63) is 139 Å². The Morgan fingerprint density at radius 2 is 1.30 bits per heavy atom. The number of nitrogens with zero attached hydrogens (tertiary/aromatic N) is 5. The molecule has 0 saturated heterocycles. The lowest BCUT2D eigenvalue weighted by Crippen LogP contribution is -2.04. The minimum Gasteiger partial charge on any atom is -0.497 e. The first kappa shape index (κ1) is 27.2. The van der Waals surface area contributed by atoms with Crippen LogP contribution in [-0.2, 0) is 7.05 Å². The third-order valence-electron chi connectivity index (χ3n) is 9.35. The Labute approximate surface area is 271 Å². The molecule has 9 aromatic rings. The highest BCUT2D eigenvalue weighted by atomic mass is 16.5. The molecule has 0 fully saturated rings. The van der Waals surface area contributed by atoms with Crippen LogP contribution < -0.4 is 4.74 Å². The molecule has 0 N–H and O–H groups in total. The third kappa shape index (κ3) is 4.04. The number of pyridine rings is 1. The fourth-order valence-electron chi connectivity index (χ4n) is 7.18. The summed E-state index contributed by atoms with van der Waals surface area (Å²) in [5.41, 5.74) is 10.9. The fourth-order valence-corrected chi connectivity index (χ4v) is 7.18. The Hall–Kier alpha value is -6.14. The van der Waals surface area contributed by atoms with Crippen molar-refractivity contribution in [3.8, 4) is 39.6 Å². The van der Waals surface area contributed by atoms with Gasteiger partial charge in [-0.2, -0.15) is 0 Å². The highest BCUT2D eigenvalue weighted by Gasteiger charge is 2.26. The van der Waals surface area contributed by atoms with Crippen molar-refractivity contribution in [3.63, 3.8) is 0 Å². The molecule has 0 aliphatic carbocycles. The summed E-state index contributed by atoms with van der Waals surface area (Å²) in [6.45, 7) is 2.17. The lowest BCUT2D eigenvalue weighted by Gasteiger charge is -2.13. The van der Waals surface area contributed by atoms with Crippen LogP contribution in [0.25, 0.3) is 77.8 Å². The summed E-state index contributed by atoms with van der Waals surface area (Å²) in [6, 6.07) is 42.9. The standard InChI is InChI=1S/C41H31N5O/c1-26-11-4-5-14-31(26)28-12-10-13-29(25-28)45-34-17-8-6-15-32(34)37-36(27-19-21-30(47-3)22-20-27)38-33-16-7-9-18-35(33)46(40(38)43-39(37)45)41-42-23-24-44(41)2/h4-25H,1-3H3. The molecule has 0 spiro atoms. The van der Waals surface area contributed by atoms with Gasteiger partial charge in [-0.1, -0.05) is 84.9 Å². The molecule has 9 rings (SSSR count). The zero-order valence-corrected chi connectivity index (χ0v) is 26.3. The van der Waals surface area contributed by atoms with E-state index in [1.54, 1.807) is 7.11 Å². The second-order valence-corrected chi connectivity index (χ2v) is 12.0. The molecule has 4 aromatic heterocycles. The van der Waals surface area contributed by atoms with E-state index in [4.69, 9.17) is 14.7 Å². The van der Waals surface area contributed by atoms with Crippen LogP contribution in [0.5, 0.6) is 5.75 Å². The number of ether oxygens (including phenoxy) is 1. The summed E-state index contributed by atoms with van der Waals surface area (Å²) >= 11 is 0. The predicted octanol–water partition coefficient (Wildman–Crippen LogP) is 9.66. The Bertz CT molecular complexity index is 2640. The minimum absolute atomic E-state index is 0.813. The quantitative estimate of drug-likeness (QED) is 0.195. The van der Waals surface area contributed by atoms with E-state index in [-0.39, 0.29) is 0 Å². The molecule has 5 aromatic carbocycles. The maximum Gasteiger partial charge on any atom is 0.215 e. The highest BCUT2D eigenvalue weighted by Crippen LogP contribution is 2.45. The van der Waals surface area contributed by atoms with Crippen LogP contribution in [0.3, 0.4) is 0 Å². The monoisotopic (exact) mass is 609 g/mol. The minimum atomic E-state index is 0.813. The number of hydrogen-bond acceptors (Lipinski definition) is 3. The molecule has 0 saturated carbocycles. The Kier molecular flexibility index (Phi) is 6.05. The van der Waals surface area contributed by atoms with E-state index < -0.39 is 0 Å². The zero-order valence-electron chi connectivity index (χ0n) is 26.3. The van der Waals surface area contributed by atoms with Gasteiger partial charge in [-0.3, -0.25) is 9.13 Å². The highest BCUT2D eigenvalue weighted by molar-refractivity contribution is 6.26. The first-order valence-electron chi connectivity index (χ1n) is 15.8. The number of fused-ring (bicyclic) bond motifs is 6. The average Bonchev–Trinajstić information content (AvgIpc) is 3.78. The maximum atomic E-state index is 5.61. The SMILES string of the molecule is COc1ccc(-c2c3c4ccccc4n(-c4cccc(-c5ccccc5C)c4)c3nc3c2c2ccccc2n3-c2nccn2C)cc1.